The van der Waals surface area contributed by atoms with E-state index in [-0.39, 0.29) is 23.7 Å². The van der Waals surface area contributed by atoms with Gasteiger partial charge in [-0.2, -0.15) is 0 Å². The molecule has 3 heterocycles. The molecule has 0 bridgehead atoms. The van der Waals surface area contributed by atoms with Crippen LogP contribution in [-0.4, -0.2) is 43.0 Å². The third kappa shape index (κ3) is 3.34. The van der Waals surface area contributed by atoms with Crippen LogP contribution in [0, 0.1) is 0 Å². The molecule has 8 heteroatoms. The highest BCUT2D eigenvalue weighted by molar-refractivity contribution is 6.35. The van der Waals surface area contributed by atoms with Crippen molar-refractivity contribution in [3.8, 4) is 0 Å². The maximum absolute atomic E-state index is 12.9. The zero-order valence-electron chi connectivity index (χ0n) is 17.1. The lowest BCUT2D eigenvalue weighted by atomic mass is 9.74. The van der Waals surface area contributed by atoms with E-state index in [1.54, 1.807) is 12.1 Å². The van der Waals surface area contributed by atoms with Crippen molar-refractivity contribution >= 4 is 40.2 Å². The van der Waals surface area contributed by atoms with E-state index in [1.165, 1.54) is 0 Å². The summed E-state index contributed by atoms with van der Waals surface area (Å²) in [4.78, 5) is 27.5. The molecule has 0 unspecified atom stereocenters. The highest BCUT2D eigenvalue weighted by atomic mass is 35.5. The summed E-state index contributed by atoms with van der Waals surface area (Å²) in [6.45, 7) is 1.95. The Balaban J connectivity index is 1.53. The van der Waals surface area contributed by atoms with Gasteiger partial charge in [0.1, 0.15) is 5.58 Å². The van der Waals surface area contributed by atoms with Crippen LogP contribution in [0.15, 0.2) is 16.5 Å². The largest absolute Gasteiger partial charge is 0.450 e. The normalized spacial score (nSPS) is 21.9. The van der Waals surface area contributed by atoms with Gasteiger partial charge in [-0.05, 0) is 58.0 Å². The maximum Gasteiger partial charge on any atom is 0.319 e. The molecular weight excluding hydrogens is 404 g/mol. The van der Waals surface area contributed by atoms with Crippen molar-refractivity contribution in [3.63, 3.8) is 0 Å². The average Bonchev–Trinajstić information content (AvgIpc) is 3.14. The van der Waals surface area contributed by atoms with Crippen molar-refractivity contribution in [2.75, 3.05) is 25.5 Å². The third-order valence-corrected chi connectivity index (χ3v) is 7.11. The predicted molar refractivity (Wildman–Crippen MR) is 116 cm³/mol. The molecule has 1 saturated heterocycles. The van der Waals surface area contributed by atoms with E-state index < -0.39 is 5.54 Å². The third-order valence-electron chi connectivity index (χ3n) is 6.81. The van der Waals surface area contributed by atoms with Gasteiger partial charge in [-0.15, -0.1) is 0 Å². The quantitative estimate of drug-likeness (QED) is 0.666. The number of hydrogen-bond donors (Lipinski definition) is 3. The lowest BCUT2D eigenvalue weighted by molar-refractivity contribution is 0.0890. The zero-order valence-corrected chi connectivity index (χ0v) is 17.9. The molecule has 5 rings (SSSR count). The minimum atomic E-state index is -0.501. The van der Waals surface area contributed by atoms with Gasteiger partial charge in [0.25, 0.3) is 5.91 Å². The van der Waals surface area contributed by atoms with Crippen LogP contribution >= 0.6 is 11.6 Å². The van der Waals surface area contributed by atoms with Crippen molar-refractivity contribution in [2.24, 2.45) is 0 Å². The first-order chi connectivity index (χ1) is 14.4. The number of carbonyl (C=O) groups is 2. The number of piperidine rings is 1. The number of benzene rings is 1. The van der Waals surface area contributed by atoms with Crippen molar-refractivity contribution in [2.45, 2.75) is 56.5 Å². The molecule has 0 radical (unpaired) electrons. The van der Waals surface area contributed by atoms with E-state index >= 15 is 0 Å². The summed E-state index contributed by atoms with van der Waals surface area (Å²) in [5.74, 6) is 0.0902. The first-order valence-corrected chi connectivity index (χ1v) is 11.2. The topological polar surface area (TPSA) is 86.6 Å². The number of halogens is 1. The first-order valence-electron chi connectivity index (χ1n) is 10.8. The summed E-state index contributed by atoms with van der Waals surface area (Å²) >= 11 is 6.56. The smallest absolute Gasteiger partial charge is 0.319 e. The van der Waals surface area contributed by atoms with Crippen molar-refractivity contribution in [1.29, 1.82) is 0 Å². The highest BCUT2D eigenvalue weighted by Crippen LogP contribution is 2.48. The summed E-state index contributed by atoms with van der Waals surface area (Å²) < 4.78 is 6.14. The monoisotopic (exact) mass is 430 g/mol. The number of likely N-dealkylation sites (tertiary alicyclic amines) is 1. The fourth-order valence-corrected chi connectivity index (χ4v) is 5.46. The van der Waals surface area contributed by atoms with E-state index in [1.807, 2.05) is 0 Å². The zero-order chi connectivity index (χ0) is 20.9. The van der Waals surface area contributed by atoms with Crippen LogP contribution < -0.4 is 16.0 Å². The van der Waals surface area contributed by atoms with Crippen molar-refractivity contribution in [3.05, 3.63) is 28.5 Å². The van der Waals surface area contributed by atoms with E-state index in [0.717, 1.165) is 69.0 Å². The van der Waals surface area contributed by atoms with E-state index in [9.17, 15) is 9.59 Å². The molecule has 3 N–H and O–H groups in total. The molecule has 3 amide bonds. The molecular formula is C22H27ClN4O3. The molecule has 2 fully saturated rings. The van der Waals surface area contributed by atoms with Gasteiger partial charge in [-0.3, -0.25) is 4.79 Å². The molecule has 2 aliphatic heterocycles. The maximum atomic E-state index is 12.9. The summed E-state index contributed by atoms with van der Waals surface area (Å²) in [5.41, 5.74) is 1.62. The fraction of sp³-hybridized carbons (Fsp3) is 0.545. The van der Waals surface area contributed by atoms with Gasteiger partial charge < -0.3 is 25.3 Å². The molecule has 2 aromatic rings. The summed E-state index contributed by atoms with van der Waals surface area (Å²) in [6, 6.07) is 3.45. The van der Waals surface area contributed by atoms with Gasteiger partial charge in [-0.1, -0.05) is 30.9 Å². The highest BCUT2D eigenvalue weighted by Gasteiger charge is 2.44. The Morgan fingerprint density at radius 3 is 2.70 bits per heavy atom. The molecule has 0 atom stereocenters. The number of anilines is 1. The van der Waals surface area contributed by atoms with Crippen LogP contribution in [0.4, 0.5) is 10.5 Å². The van der Waals surface area contributed by atoms with Gasteiger partial charge in [0.2, 0.25) is 0 Å². The van der Waals surface area contributed by atoms with Crippen LogP contribution in [0.1, 0.15) is 61.1 Å². The summed E-state index contributed by atoms with van der Waals surface area (Å²) in [6.07, 6.45) is 6.73. The molecule has 1 aromatic carbocycles. The molecule has 1 aromatic heterocycles. The van der Waals surface area contributed by atoms with Crippen molar-refractivity contribution in [1.82, 2.24) is 15.5 Å². The van der Waals surface area contributed by atoms with Crippen LogP contribution in [-0.2, 0) is 5.54 Å². The summed E-state index contributed by atoms with van der Waals surface area (Å²) in [5, 5.41) is 10.4. The number of fused-ring (bicyclic) bond motifs is 4. The number of urea groups is 1. The molecule has 7 nitrogen and oxygen atoms in total. The van der Waals surface area contributed by atoms with E-state index in [0.29, 0.717) is 16.3 Å². The van der Waals surface area contributed by atoms with Crippen LogP contribution in [0.5, 0.6) is 0 Å². The minimum Gasteiger partial charge on any atom is -0.450 e. The lowest BCUT2D eigenvalue weighted by Gasteiger charge is -2.42. The summed E-state index contributed by atoms with van der Waals surface area (Å²) in [7, 11) is 2.10. The minimum absolute atomic E-state index is 0.157. The molecule has 1 spiro atoms. The molecule has 30 heavy (non-hydrogen) atoms. The predicted octanol–water partition coefficient (Wildman–Crippen LogP) is 4.20. The van der Waals surface area contributed by atoms with Crippen LogP contribution in [0.25, 0.3) is 11.0 Å². The van der Waals surface area contributed by atoms with Crippen LogP contribution in [0.2, 0.25) is 5.02 Å². The number of nitrogens with one attached hydrogen (secondary N) is 3. The second-order valence-electron chi connectivity index (χ2n) is 8.91. The first kappa shape index (κ1) is 19.7. The molecule has 1 saturated carbocycles. The Kier molecular flexibility index (Phi) is 4.90. The van der Waals surface area contributed by atoms with Gasteiger partial charge >= 0.3 is 6.03 Å². The Morgan fingerprint density at radius 2 is 1.97 bits per heavy atom. The van der Waals surface area contributed by atoms with Gasteiger partial charge in [-0.25, -0.2) is 4.79 Å². The number of furan rings is 1. The number of rotatable bonds is 2. The van der Waals surface area contributed by atoms with E-state index in [2.05, 4.69) is 27.9 Å². The number of amides is 3. The number of carbonyl (C=O) groups excluding carboxylic acids is 2. The average molecular weight is 431 g/mol. The molecule has 160 valence electrons. The van der Waals surface area contributed by atoms with Crippen LogP contribution in [0.3, 0.4) is 0 Å². The van der Waals surface area contributed by atoms with E-state index in [4.69, 9.17) is 16.0 Å². The lowest BCUT2D eigenvalue weighted by Crippen LogP contribution is -2.52. The SMILES string of the molecule is CN1CCC(NC(=O)c2cc3cc(Cl)c4c(c3o2)C2(CCCCC2)NC(=O)N4)CC1. The fourth-order valence-electron chi connectivity index (χ4n) is 5.20. The number of nitrogens with zero attached hydrogens (tertiary/aromatic N) is 1. The van der Waals surface area contributed by atoms with Crippen molar-refractivity contribution < 1.29 is 14.0 Å². The number of hydrogen-bond acceptors (Lipinski definition) is 4. The Labute approximate surface area is 180 Å². The standard InChI is InChI=1S/C22H27ClN4O3/c1-27-9-5-14(6-10-27)24-20(28)16-12-13-11-15(23)18-17(19(13)30-16)22(26-21(29)25-18)7-3-2-4-8-22/h11-12,14H,2-10H2,1H3,(H,24,28)(H2,25,26,29). The Bertz CT molecular complexity index is 1000. The molecule has 1 aliphatic carbocycles. The second kappa shape index (κ2) is 7.46. The Morgan fingerprint density at radius 1 is 1.23 bits per heavy atom. The second-order valence-corrected chi connectivity index (χ2v) is 9.32. The molecule has 3 aliphatic rings. The Hall–Kier alpha value is -2.25. The van der Waals surface area contributed by atoms with Gasteiger partial charge in [0.05, 0.1) is 16.2 Å². The van der Waals surface area contributed by atoms with Gasteiger partial charge in [0, 0.05) is 17.0 Å². The van der Waals surface area contributed by atoms with Gasteiger partial charge in [0.15, 0.2) is 5.76 Å².